The Bertz CT molecular complexity index is 770. The molecule has 0 spiro atoms. The Kier molecular flexibility index (Phi) is 5.88. The summed E-state index contributed by atoms with van der Waals surface area (Å²) < 4.78 is 5.47. The Morgan fingerprint density at radius 1 is 1.04 bits per heavy atom. The second kappa shape index (κ2) is 8.50. The molecule has 134 valence electrons. The van der Waals surface area contributed by atoms with Crippen molar-refractivity contribution in [3.63, 3.8) is 0 Å². The van der Waals surface area contributed by atoms with E-state index in [2.05, 4.69) is 23.1 Å². The zero-order valence-corrected chi connectivity index (χ0v) is 15.0. The van der Waals surface area contributed by atoms with Crippen LogP contribution in [0.25, 0.3) is 0 Å². The van der Waals surface area contributed by atoms with Crippen LogP contribution in [0, 0.1) is 11.3 Å². The molecule has 2 aromatic rings. The molecule has 1 aliphatic rings. The summed E-state index contributed by atoms with van der Waals surface area (Å²) in [5.41, 5.74) is 2.46. The summed E-state index contributed by atoms with van der Waals surface area (Å²) in [7, 11) is 0. The summed E-state index contributed by atoms with van der Waals surface area (Å²) in [6.45, 7) is 6.68. The largest absolute Gasteiger partial charge is 0.494 e. The summed E-state index contributed by atoms with van der Waals surface area (Å²) >= 11 is 0. The smallest absolute Gasteiger partial charge is 0.253 e. The molecule has 1 amide bonds. The van der Waals surface area contributed by atoms with E-state index in [1.165, 1.54) is 5.56 Å². The number of rotatable bonds is 5. The second-order valence-electron chi connectivity index (χ2n) is 6.33. The van der Waals surface area contributed by atoms with Crippen LogP contribution in [0.3, 0.4) is 0 Å². The second-order valence-corrected chi connectivity index (χ2v) is 6.33. The van der Waals surface area contributed by atoms with Crippen molar-refractivity contribution in [3.05, 3.63) is 65.2 Å². The Hall–Kier alpha value is -2.84. The maximum atomic E-state index is 12.6. The highest BCUT2D eigenvalue weighted by molar-refractivity contribution is 5.94. The number of ether oxygens (including phenoxy) is 1. The van der Waals surface area contributed by atoms with Crippen molar-refractivity contribution in [1.29, 1.82) is 5.26 Å². The topological polar surface area (TPSA) is 56.6 Å². The normalized spacial score (nSPS) is 14.7. The standard InChI is InChI=1S/C21H23N3O2/c1-2-26-20-9-5-18(6-10-20)16-23-11-13-24(14-12-23)21(25)19-7-3-17(15-22)4-8-19/h3-10H,2,11-14,16H2,1H3. The maximum absolute atomic E-state index is 12.6. The van der Waals surface area contributed by atoms with Gasteiger partial charge in [-0.1, -0.05) is 12.1 Å². The molecule has 5 nitrogen and oxygen atoms in total. The van der Waals surface area contributed by atoms with Gasteiger partial charge >= 0.3 is 0 Å². The van der Waals surface area contributed by atoms with Crippen LogP contribution >= 0.6 is 0 Å². The lowest BCUT2D eigenvalue weighted by atomic mass is 10.1. The van der Waals surface area contributed by atoms with Gasteiger partial charge in [-0.25, -0.2) is 0 Å². The van der Waals surface area contributed by atoms with Crippen LogP contribution in [0.4, 0.5) is 0 Å². The molecule has 0 radical (unpaired) electrons. The summed E-state index contributed by atoms with van der Waals surface area (Å²) in [6, 6.07) is 17.1. The van der Waals surface area contributed by atoms with E-state index in [-0.39, 0.29) is 5.91 Å². The van der Waals surface area contributed by atoms with Gasteiger partial charge in [-0.05, 0) is 48.9 Å². The highest BCUT2D eigenvalue weighted by Crippen LogP contribution is 2.15. The zero-order chi connectivity index (χ0) is 18.4. The molecule has 1 aliphatic heterocycles. The minimum absolute atomic E-state index is 0.0372. The lowest BCUT2D eigenvalue weighted by molar-refractivity contribution is 0.0628. The van der Waals surface area contributed by atoms with Gasteiger partial charge in [0, 0.05) is 38.3 Å². The first-order valence-corrected chi connectivity index (χ1v) is 8.93. The minimum atomic E-state index is 0.0372. The fourth-order valence-electron chi connectivity index (χ4n) is 3.09. The summed E-state index contributed by atoms with van der Waals surface area (Å²) in [5, 5.41) is 8.85. The molecule has 0 N–H and O–H groups in total. The first-order valence-electron chi connectivity index (χ1n) is 8.93. The SMILES string of the molecule is CCOc1ccc(CN2CCN(C(=O)c3ccc(C#N)cc3)CC2)cc1. The molecule has 1 heterocycles. The number of nitrogens with zero attached hydrogens (tertiary/aromatic N) is 3. The number of benzene rings is 2. The molecule has 5 heteroatoms. The molecule has 2 aromatic carbocycles. The Labute approximate surface area is 154 Å². The first-order chi connectivity index (χ1) is 12.7. The fraction of sp³-hybridized carbons (Fsp3) is 0.333. The van der Waals surface area contributed by atoms with Gasteiger partial charge < -0.3 is 9.64 Å². The summed E-state index contributed by atoms with van der Waals surface area (Å²) in [5.74, 6) is 0.935. The van der Waals surface area contributed by atoms with Gasteiger partial charge in [0.25, 0.3) is 5.91 Å². The molecular formula is C21H23N3O2. The van der Waals surface area contributed by atoms with Gasteiger partial charge in [-0.2, -0.15) is 5.26 Å². The number of piperazine rings is 1. The third-order valence-electron chi connectivity index (χ3n) is 4.56. The monoisotopic (exact) mass is 349 g/mol. The van der Waals surface area contributed by atoms with Gasteiger partial charge in [0.2, 0.25) is 0 Å². The average molecular weight is 349 g/mol. The van der Waals surface area contributed by atoms with Gasteiger partial charge in [0.05, 0.1) is 18.2 Å². The van der Waals surface area contributed by atoms with Gasteiger partial charge in [-0.3, -0.25) is 9.69 Å². The van der Waals surface area contributed by atoms with E-state index >= 15 is 0 Å². The predicted molar refractivity (Wildman–Crippen MR) is 99.9 cm³/mol. The minimum Gasteiger partial charge on any atom is -0.494 e. The molecule has 1 fully saturated rings. The molecule has 0 bridgehead atoms. The number of hydrogen-bond donors (Lipinski definition) is 0. The van der Waals surface area contributed by atoms with Crippen LogP contribution in [0.15, 0.2) is 48.5 Å². The number of hydrogen-bond acceptors (Lipinski definition) is 4. The molecular weight excluding hydrogens is 326 g/mol. The first kappa shape index (κ1) is 18.0. The number of carbonyl (C=O) groups is 1. The van der Waals surface area contributed by atoms with Crippen LogP contribution in [-0.4, -0.2) is 48.5 Å². The molecule has 0 atom stereocenters. The van der Waals surface area contributed by atoms with Crippen molar-refractivity contribution in [3.8, 4) is 11.8 Å². The molecule has 0 unspecified atom stereocenters. The van der Waals surface area contributed by atoms with E-state index in [0.29, 0.717) is 17.7 Å². The van der Waals surface area contributed by atoms with E-state index in [4.69, 9.17) is 10.00 Å². The summed E-state index contributed by atoms with van der Waals surface area (Å²) in [6.07, 6.45) is 0. The van der Waals surface area contributed by atoms with Crippen LogP contribution in [0.1, 0.15) is 28.4 Å². The number of nitriles is 1. The van der Waals surface area contributed by atoms with Crippen molar-refractivity contribution in [2.24, 2.45) is 0 Å². The van der Waals surface area contributed by atoms with Crippen LogP contribution in [0.5, 0.6) is 5.75 Å². The van der Waals surface area contributed by atoms with Crippen molar-refractivity contribution < 1.29 is 9.53 Å². The summed E-state index contributed by atoms with van der Waals surface area (Å²) in [4.78, 5) is 16.8. The predicted octanol–water partition coefficient (Wildman–Crippen LogP) is 2.91. The molecule has 1 saturated heterocycles. The van der Waals surface area contributed by atoms with E-state index < -0.39 is 0 Å². The molecule has 0 aliphatic carbocycles. The Morgan fingerprint density at radius 2 is 1.69 bits per heavy atom. The molecule has 0 saturated carbocycles. The van der Waals surface area contributed by atoms with Gasteiger partial charge in [0.1, 0.15) is 5.75 Å². The fourth-order valence-corrected chi connectivity index (χ4v) is 3.09. The van der Waals surface area contributed by atoms with E-state index in [9.17, 15) is 4.79 Å². The van der Waals surface area contributed by atoms with Gasteiger partial charge in [0.15, 0.2) is 0 Å². The van der Waals surface area contributed by atoms with Crippen LogP contribution in [0.2, 0.25) is 0 Å². The van der Waals surface area contributed by atoms with E-state index in [1.54, 1.807) is 24.3 Å². The lowest BCUT2D eigenvalue weighted by Crippen LogP contribution is -2.48. The van der Waals surface area contributed by atoms with Crippen molar-refractivity contribution in [2.45, 2.75) is 13.5 Å². The number of amides is 1. The highest BCUT2D eigenvalue weighted by Gasteiger charge is 2.22. The Balaban J connectivity index is 1.51. The van der Waals surface area contributed by atoms with Crippen LogP contribution < -0.4 is 4.74 Å². The molecule has 0 aromatic heterocycles. The molecule has 26 heavy (non-hydrogen) atoms. The quantitative estimate of drug-likeness (QED) is 0.833. The zero-order valence-electron chi connectivity index (χ0n) is 15.0. The third kappa shape index (κ3) is 4.41. The van der Waals surface area contributed by atoms with E-state index in [1.807, 2.05) is 24.0 Å². The number of carbonyl (C=O) groups excluding carboxylic acids is 1. The van der Waals surface area contributed by atoms with Crippen LogP contribution in [-0.2, 0) is 6.54 Å². The molecule has 3 rings (SSSR count). The maximum Gasteiger partial charge on any atom is 0.253 e. The average Bonchev–Trinajstić information content (AvgIpc) is 2.70. The van der Waals surface area contributed by atoms with Crippen molar-refractivity contribution >= 4 is 5.91 Å². The van der Waals surface area contributed by atoms with E-state index in [0.717, 1.165) is 38.5 Å². The highest BCUT2D eigenvalue weighted by atomic mass is 16.5. The Morgan fingerprint density at radius 3 is 2.27 bits per heavy atom. The third-order valence-corrected chi connectivity index (χ3v) is 4.56. The lowest BCUT2D eigenvalue weighted by Gasteiger charge is -2.34. The van der Waals surface area contributed by atoms with Crippen molar-refractivity contribution in [1.82, 2.24) is 9.80 Å². The van der Waals surface area contributed by atoms with Crippen molar-refractivity contribution in [2.75, 3.05) is 32.8 Å². The van der Waals surface area contributed by atoms with Gasteiger partial charge in [-0.15, -0.1) is 0 Å².